The Bertz CT molecular complexity index is 738. The highest BCUT2D eigenvalue weighted by molar-refractivity contribution is 7.93. The highest BCUT2D eigenvalue weighted by Crippen LogP contribution is 2.34. The second-order valence-corrected chi connectivity index (χ2v) is 7.88. The lowest BCUT2D eigenvalue weighted by atomic mass is 10.0. The molecule has 2 heterocycles. The van der Waals surface area contributed by atoms with E-state index in [4.69, 9.17) is 0 Å². The number of nitrogens with zero attached hydrogens (tertiary/aromatic N) is 1. The summed E-state index contributed by atoms with van der Waals surface area (Å²) in [5, 5.41) is 4.87. The van der Waals surface area contributed by atoms with Crippen LogP contribution in [0.25, 0.3) is 0 Å². The van der Waals surface area contributed by atoms with E-state index in [1.807, 2.05) is 36.7 Å². The molecular formula is C15H18N2O2S2. The van der Waals surface area contributed by atoms with Gasteiger partial charge in [0.1, 0.15) is 4.90 Å². The third kappa shape index (κ3) is 2.59. The molecule has 0 atom stereocenters. The Morgan fingerprint density at radius 1 is 1.29 bits per heavy atom. The van der Waals surface area contributed by atoms with Crippen LogP contribution in [0.1, 0.15) is 16.9 Å². The van der Waals surface area contributed by atoms with Gasteiger partial charge < -0.3 is 5.32 Å². The molecular weight excluding hydrogens is 304 g/mol. The number of rotatable bonds is 4. The summed E-state index contributed by atoms with van der Waals surface area (Å²) in [6.45, 7) is 1.12. The minimum absolute atomic E-state index is 0.429. The van der Waals surface area contributed by atoms with Crippen molar-refractivity contribution in [2.45, 2.75) is 24.3 Å². The molecule has 0 fully saturated rings. The summed E-state index contributed by atoms with van der Waals surface area (Å²) in [7, 11) is -1.66. The van der Waals surface area contributed by atoms with Gasteiger partial charge in [-0.15, -0.1) is 11.3 Å². The molecule has 112 valence electrons. The largest absolute Gasteiger partial charge is 0.315 e. The number of sulfonamides is 1. The highest BCUT2D eigenvalue weighted by atomic mass is 32.2. The Labute approximate surface area is 129 Å². The van der Waals surface area contributed by atoms with E-state index in [1.165, 1.54) is 11.3 Å². The van der Waals surface area contributed by atoms with E-state index in [9.17, 15) is 8.42 Å². The number of anilines is 1. The van der Waals surface area contributed by atoms with Gasteiger partial charge >= 0.3 is 0 Å². The summed E-state index contributed by atoms with van der Waals surface area (Å²) >= 11 is 1.48. The molecule has 1 N–H and O–H groups in total. The van der Waals surface area contributed by atoms with Gasteiger partial charge in [0.25, 0.3) is 10.0 Å². The van der Waals surface area contributed by atoms with Crippen LogP contribution in [-0.2, 0) is 23.0 Å². The lowest BCUT2D eigenvalue weighted by Gasteiger charge is -2.30. The molecule has 6 heteroatoms. The Hall–Kier alpha value is -1.37. The van der Waals surface area contributed by atoms with Gasteiger partial charge in [0.15, 0.2) is 0 Å². The van der Waals surface area contributed by atoms with Crippen LogP contribution in [-0.4, -0.2) is 22.0 Å². The summed E-state index contributed by atoms with van der Waals surface area (Å²) in [4.78, 5) is 1.29. The lowest BCUT2D eigenvalue weighted by Crippen LogP contribution is -2.35. The number of aryl methyl sites for hydroxylation is 1. The first-order chi connectivity index (χ1) is 10.1. The van der Waals surface area contributed by atoms with Gasteiger partial charge in [-0.2, -0.15) is 0 Å². The van der Waals surface area contributed by atoms with Crippen molar-refractivity contribution in [1.29, 1.82) is 0 Å². The molecule has 0 aliphatic carbocycles. The molecule has 1 aromatic heterocycles. The molecule has 0 radical (unpaired) electrons. The van der Waals surface area contributed by atoms with Crippen LogP contribution in [0.2, 0.25) is 0 Å². The van der Waals surface area contributed by atoms with Crippen molar-refractivity contribution < 1.29 is 8.42 Å². The van der Waals surface area contributed by atoms with E-state index < -0.39 is 10.0 Å². The Morgan fingerprint density at radius 2 is 2.10 bits per heavy atom. The van der Waals surface area contributed by atoms with Crippen LogP contribution in [0.5, 0.6) is 0 Å². The Balaban J connectivity index is 2.05. The number of para-hydroxylation sites is 1. The zero-order chi connectivity index (χ0) is 14.9. The van der Waals surface area contributed by atoms with Crippen LogP contribution < -0.4 is 9.62 Å². The molecule has 0 bridgehead atoms. The predicted octanol–water partition coefficient (Wildman–Crippen LogP) is 2.61. The summed E-state index contributed by atoms with van der Waals surface area (Å²) in [6, 6.07) is 9.49. The zero-order valence-corrected chi connectivity index (χ0v) is 13.5. The minimum Gasteiger partial charge on any atom is -0.315 e. The molecule has 21 heavy (non-hydrogen) atoms. The first-order valence-electron chi connectivity index (χ1n) is 6.96. The number of thiophene rings is 1. The Kier molecular flexibility index (Phi) is 4.01. The van der Waals surface area contributed by atoms with Crippen molar-refractivity contribution in [1.82, 2.24) is 5.32 Å². The number of hydrogen-bond donors (Lipinski definition) is 1. The summed E-state index contributed by atoms with van der Waals surface area (Å²) in [6.07, 6.45) is 1.80. The van der Waals surface area contributed by atoms with Gasteiger partial charge in [-0.3, -0.25) is 4.31 Å². The van der Waals surface area contributed by atoms with Crippen LogP contribution in [0.3, 0.4) is 0 Å². The minimum atomic E-state index is -3.48. The van der Waals surface area contributed by atoms with Gasteiger partial charge in [-0.1, -0.05) is 18.2 Å². The summed E-state index contributed by atoms with van der Waals surface area (Å²) < 4.78 is 27.6. The third-order valence-corrected chi connectivity index (χ3v) is 6.63. The number of benzene rings is 1. The topological polar surface area (TPSA) is 49.4 Å². The van der Waals surface area contributed by atoms with Crippen molar-refractivity contribution in [2.75, 3.05) is 17.9 Å². The second kappa shape index (κ2) is 5.79. The fourth-order valence-electron chi connectivity index (χ4n) is 2.72. The SMILES string of the molecule is CNCc1sccc1S(=O)(=O)N1CCCc2ccccc21. The van der Waals surface area contributed by atoms with Crippen LogP contribution >= 0.6 is 11.3 Å². The first-order valence-corrected chi connectivity index (χ1v) is 9.28. The molecule has 3 rings (SSSR count). The lowest BCUT2D eigenvalue weighted by molar-refractivity contribution is 0.585. The Morgan fingerprint density at radius 3 is 2.90 bits per heavy atom. The smallest absolute Gasteiger partial charge is 0.265 e. The number of hydrogen-bond acceptors (Lipinski definition) is 4. The molecule has 1 aliphatic heterocycles. The van der Waals surface area contributed by atoms with E-state index in [0.717, 1.165) is 29.0 Å². The maximum atomic E-state index is 13.0. The molecule has 2 aromatic rings. The standard InChI is InChI=1S/C15H18N2O2S2/c1-16-11-14-15(8-10-20-14)21(18,19)17-9-4-6-12-5-2-3-7-13(12)17/h2-3,5,7-8,10,16H,4,6,9,11H2,1H3. The molecule has 0 unspecified atom stereocenters. The van der Waals surface area contributed by atoms with E-state index >= 15 is 0 Å². The van der Waals surface area contributed by atoms with E-state index in [2.05, 4.69) is 5.32 Å². The van der Waals surface area contributed by atoms with Crippen LogP contribution in [0.15, 0.2) is 40.6 Å². The third-order valence-electron chi connectivity index (χ3n) is 3.68. The normalized spacial score (nSPS) is 15.0. The summed E-state index contributed by atoms with van der Waals surface area (Å²) in [5.41, 5.74) is 1.93. The molecule has 4 nitrogen and oxygen atoms in total. The van der Waals surface area contributed by atoms with Crippen LogP contribution in [0, 0.1) is 0 Å². The van der Waals surface area contributed by atoms with Crippen molar-refractivity contribution in [3.63, 3.8) is 0 Å². The van der Waals surface area contributed by atoms with Gasteiger partial charge in [0.05, 0.1) is 5.69 Å². The van der Waals surface area contributed by atoms with Gasteiger partial charge in [-0.05, 0) is 43.0 Å². The fourth-order valence-corrected chi connectivity index (χ4v) is 5.69. The van der Waals surface area contributed by atoms with Crippen molar-refractivity contribution in [3.8, 4) is 0 Å². The van der Waals surface area contributed by atoms with Gasteiger partial charge in [0, 0.05) is 18.0 Å². The van der Waals surface area contributed by atoms with E-state index in [-0.39, 0.29) is 0 Å². The van der Waals surface area contributed by atoms with Crippen molar-refractivity contribution in [3.05, 3.63) is 46.2 Å². The molecule has 0 saturated heterocycles. The quantitative estimate of drug-likeness (QED) is 0.941. The monoisotopic (exact) mass is 322 g/mol. The first kappa shape index (κ1) is 14.6. The maximum absolute atomic E-state index is 13.0. The van der Waals surface area contributed by atoms with E-state index in [0.29, 0.717) is 18.0 Å². The fraction of sp³-hybridized carbons (Fsp3) is 0.333. The van der Waals surface area contributed by atoms with Gasteiger partial charge in [-0.25, -0.2) is 8.42 Å². The zero-order valence-electron chi connectivity index (χ0n) is 11.9. The molecule has 1 aliphatic rings. The maximum Gasteiger partial charge on any atom is 0.265 e. The van der Waals surface area contributed by atoms with E-state index in [1.54, 1.807) is 10.4 Å². The number of nitrogens with one attached hydrogen (secondary N) is 1. The average molecular weight is 322 g/mol. The second-order valence-electron chi connectivity index (χ2n) is 5.05. The summed E-state index contributed by atoms with van der Waals surface area (Å²) in [5.74, 6) is 0. The molecule has 0 saturated carbocycles. The van der Waals surface area contributed by atoms with Crippen molar-refractivity contribution >= 4 is 27.0 Å². The molecule has 0 amide bonds. The molecule has 0 spiro atoms. The van der Waals surface area contributed by atoms with Crippen molar-refractivity contribution in [2.24, 2.45) is 0 Å². The average Bonchev–Trinajstić information content (AvgIpc) is 2.96. The number of fused-ring (bicyclic) bond motifs is 1. The molecule has 1 aromatic carbocycles. The highest BCUT2D eigenvalue weighted by Gasteiger charge is 2.30. The van der Waals surface area contributed by atoms with Crippen LogP contribution in [0.4, 0.5) is 5.69 Å². The van der Waals surface area contributed by atoms with Gasteiger partial charge in [0.2, 0.25) is 0 Å². The predicted molar refractivity (Wildman–Crippen MR) is 86.4 cm³/mol.